The fourth-order valence-electron chi connectivity index (χ4n) is 1.89. The van der Waals surface area contributed by atoms with Gasteiger partial charge in [0.05, 0.1) is 5.69 Å². The summed E-state index contributed by atoms with van der Waals surface area (Å²) in [7, 11) is 1.89. The Kier molecular flexibility index (Phi) is 3.82. The van der Waals surface area contributed by atoms with Crippen molar-refractivity contribution in [1.29, 1.82) is 0 Å². The Morgan fingerprint density at radius 1 is 1.17 bits per heavy atom. The monoisotopic (exact) mass is 242 g/mol. The van der Waals surface area contributed by atoms with E-state index in [1.807, 2.05) is 25.2 Å². The number of para-hydroxylation sites is 1. The highest BCUT2D eigenvalue weighted by molar-refractivity contribution is 5.43. The molecule has 0 bridgehead atoms. The van der Waals surface area contributed by atoms with Crippen molar-refractivity contribution in [2.24, 2.45) is 0 Å². The number of aryl methyl sites for hydroxylation is 2. The van der Waals surface area contributed by atoms with E-state index in [9.17, 15) is 0 Å². The van der Waals surface area contributed by atoms with Crippen molar-refractivity contribution in [3.63, 3.8) is 0 Å². The molecule has 0 fully saturated rings. The maximum Gasteiger partial charge on any atom is 0.130 e. The molecule has 1 heterocycles. The molecule has 0 amide bonds. The normalized spacial score (nSPS) is 10.2. The van der Waals surface area contributed by atoms with Crippen molar-refractivity contribution < 1.29 is 4.74 Å². The molecule has 0 saturated heterocycles. The van der Waals surface area contributed by atoms with E-state index in [1.165, 1.54) is 0 Å². The van der Waals surface area contributed by atoms with Crippen LogP contribution < -0.4 is 10.1 Å². The van der Waals surface area contributed by atoms with Crippen LogP contribution in [0.3, 0.4) is 0 Å². The maximum absolute atomic E-state index is 5.86. The number of ether oxygens (including phenoxy) is 1. The summed E-state index contributed by atoms with van der Waals surface area (Å²) in [6.45, 7) is 4.60. The fraction of sp³-hybridized carbons (Fsp3) is 0.267. The standard InChI is InChI=1S/C15H18N2O/c1-11-5-4-6-12(2)15(11)18-10-14-9-13(16-3)7-8-17-14/h4-9H,10H2,1-3H3,(H,16,17). The number of nitrogens with zero attached hydrogens (tertiary/aromatic N) is 1. The first-order valence-electron chi connectivity index (χ1n) is 6.02. The van der Waals surface area contributed by atoms with Gasteiger partial charge in [-0.05, 0) is 37.1 Å². The molecule has 18 heavy (non-hydrogen) atoms. The third-order valence-electron chi connectivity index (χ3n) is 2.88. The second-order valence-corrected chi connectivity index (χ2v) is 4.30. The number of rotatable bonds is 4. The molecule has 0 atom stereocenters. The van der Waals surface area contributed by atoms with Crippen molar-refractivity contribution >= 4 is 5.69 Å². The highest BCUT2D eigenvalue weighted by atomic mass is 16.5. The summed E-state index contributed by atoms with van der Waals surface area (Å²) in [5.41, 5.74) is 4.27. The topological polar surface area (TPSA) is 34.2 Å². The van der Waals surface area contributed by atoms with E-state index in [-0.39, 0.29) is 0 Å². The highest BCUT2D eigenvalue weighted by Crippen LogP contribution is 2.23. The zero-order chi connectivity index (χ0) is 13.0. The van der Waals surface area contributed by atoms with Gasteiger partial charge >= 0.3 is 0 Å². The van der Waals surface area contributed by atoms with Crippen LogP contribution in [-0.4, -0.2) is 12.0 Å². The number of aromatic nitrogens is 1. The van der Waals surface area contributed by atoms with E-state index in [0.717, 1.165) is 28.3 Å². The van der Waals surface area contributed by atoms with Gasteiger partial charge in [0.25, 0.3) is 0 Å². The van der Waals surface area contributed by atoms with Crippen LogP contribution in [0, 0.1) is 13.8 Å². The van der Waals surface area contributed by atoms with Crippen LogP contribution in [0.1, 0.15) is 16.8 Å². The largest absolute Gasteiger partial charge is 0.487 e. The highest BCUT2D eigenvalue weighted by Gasteiger charge is 2.04. The summed E-state index contributed by atoms with van der Waals surface area (Å²) < 4.78 is 5.86. The summed E-state index contributed by atoms with van der Waals surface area (Å²) >= 11 is 0. The van der Waals surface area contributed by atoms with Crippen LogP contribution in [0.2, 0.25) is 0 Å². The zero-order valence-corrected chi connectivity index (χ0v) is 11.0. The van der Waals surface area contributed by atoms with E-state index < -0.39 is 0 Å². The van der Waals surface area contributed by atoms with Crippen molar-refractivity contribution in [1.82, 2.24) is 4.98 Å². The van der Waals surface area contributed by atoms with Crippen LogP contribution in [0.25, 0.3) is 0 Å². The van der Waals surface area contributed by atoms with Gasteiger partial charge < -0.3 is 10.1 Å². The summed E-state index contributed by atoms with van der Waals surface area (Å²) in [5, 5.41) is 3.09. The Balaban J connectivity index is 2.11. The van der Waals surface area contributed by atoms with E-state index in [0.29, 0.717) is 6.61 Å². The van der Waals surface area contributed by atoms with Gasteiger partial charge in [-0.3, -0.25) is 4.98 Å². The third-order valence-corrected chi connectivity index (χ3v) is 2.88. The molecular formula is C15H18N2O. The fourth-order valence-corrected chi connectivity index (χ4v) is 1.89. The maximum atomic E-state index is 5.86. The minimum atomic E-state index is 0.487. The lowest BCUT2D eigenvalue weighted by molar-refractivity contribution is 0.297. The number of nitrogens with one attached hydrogen (secondary N) is 1. The van der Waals surface area contributed by atoms with Crippen molar-refractivity contribution in [3.05, 3.63) is 53.3 Å². The molecule has 0 spiro atoms. The average Bonchev–Trinajstić information content (AvgIpc) is 2.38. The Morgan fingerprint density at radius 3 is 2.56 bits per heavy atom. The summed E-state index contributed by atoms with van der Waals surface area (Å²) in [6.07, 6.45) is 1.79. The minimum Gasteiger partial charge on any atom is -0.487 e. The van der Waals surface area contributed by atoms with Crippen molar-refractivity contribution in [2.45, 2.75) is 20.5 Å². The molecule has 1 aromatic heterocycles. The Morgan fingerprint density at radius 2 is 1.89 bits per heavy atom. The summed E-state index contributed by atoms with van der Waals surface area (Å²) in [4.78, 5) is 4.30. The van der Waals surface area contributed by atoms with E-state index in [1.54, 1.807) is 6.20 Å². The Bertz CT molecular complexity index is 518. The molecule has 0 aliphatic heterocycles. The van der Waals surface area contributed by atoms with Crippen LogP contribution in [0.5, 0.6) is 5.75 Å². The van der Waals surface area contributed by atoms with Crippen molar-refractivity contribution in [3.8, 4) is 5.75 Å². The minimum absolute atomic E-state index is 0.487. The predicted molar refractivity (Wildman–Crippen MR) is 74.0 cm³/mol. The third kappa shape index (κ3) is 2.80. The second-order valence-electron chi connectivity index (χ2n) is 4.30. The number of anilines is 1. The molecule has 1 aromatic carbocycles. The number of hydrogen-bond donors (Lipinski definition) is 1. The smallest absolute Gasteiger partial charge is 0.130 e. The molecule has 0 saturated carbocycles. The molecule has 0 radical (unpaired) electrons. The SMILES string of the molecule is CNc1ccnc(COc2c(C)cccc2C)c1. The molecule has 0 aliphatic carbocycles. The van der Waals surface area contributed by atoms with E-state index >= 15 is 0 Å². The van der Waals surface area contributed by atoms with Crippen molar-refractivity contribution in [2.75, 3.05) is 12.4 Å². The lowest BCUT2D eigenvalue weighted by Crippen LogP contribution is -2.01. The summed E-state index contributed by atoms with van der Waals surface area (Å²) in [6, 6.07) is 10.1. The number of pyridine rings is 1. The van der Waals surface area contributed by atoms with Gasteiger partial charge in [0.15, 0.2) is 0 Å². The van der Waals surface area contributed by atoms with Gasteiger partial charge in [0.1, 0.15) is 12.4 Å². The Hall–Kier alpha value is -2.03. The molecule has 3 nitrogen and oxygen atoms in total. The zero-order valence-electron chi connectivity index (χ0n) is 11.0. The second kappa shape index (κ2) is 5.54. The molecule has 1 N–H and O–H groups in total. The van der Waals surface area contributed by atoms with E-state index in [4.69, 9.17) is 4.74 Å². The first kappa shape index (κ1) is 12.4. The molecule has 0 aliphatic rings. The molecule has 3 heteroatoms. The Labute approximate surface area is 108 Å². The van der Waals surface area contributed by atoms with Gasteiger partial charge in [-0.25, -0.2) is 0 Å². The predicted octanol–water partition coefficient (Wildman–Crippen LogP) is 3.32. The average molecular weight is 242 g/mol. The molecule has 0 unspecified atom stereocenters. The quantitative estimate of drug-likeness (QED) is 0.893. The van der Waals surface area contributed by atoms with Crippen LogP contribution in [-0.2, 0) is 6.61 Å². The van der Waals surface area contributed by atoms with Gasteiger partial charge in [0.2, 0.25) is 0 Å². The lowest BCUT2D eigenvalue weighted by atomic mass is 10.1. The van der Waals surface area contributed by atoms with Crippen LogP contribution in [0.15, 0.2) is 36.5 Å². The molecule has 94 valence electrons. The first-order valence-corrected chi connectivity index (χ1v) is 6.02. The number of benzene rings is 1. The molecule has 2 aromatic rings. The molecular weight excluding hydrogens is 224 g/mol. The van der Waals surface area contributed by atoms with Gasteiger partial charge in [-0.2, -0.15) is 0 Å². The summed E-state index contributed by atoms with van der Waals surface area (Å²) in [5.74, 6) is 0.953. The van der Waals surface area contributed by atoms with Crippen LogP contribution >= 0.6 is 0 Å². The van der Waals surface area contributed by atoms with Gasteiger partial charge in [-0.15, -0.1) is 0 Å². The van der Waals surface area contributed by atoms with Gasteiger partial charge in [-0.1, -0.05) is 18.2 Å². The van der Waals surface area contributed by atoms with Crippen LogP contribution in [0.4, 0.5) is 5.69 Å². The molecule has 2 rings (SSSR count). The number of hydrogen-bond acceptors (Lipinski definition) is 3. The van der Waals surface area contributed by atoms with Gasteiger partial charge in [0, 0.05) is 18.9 Å². The van der Waals surface area contributed by atoms with E-state index in [2.05, 4.69) is 36.3 Å². The first-order chi connectivity index (χ1) is 8.70. The lowest BCUT2D eigenvalue weighted by Gasteiger charge is -2.12.